The fourth-order valence-corrected chi connectivity index (χ4v) is 0.673. The first-order valence-electron chi connectivity index (χ1n) is 4.35. The van der Waals surface area contributed by atoms with Gasteiger partial charge >= 0.3 is 5.97 Å². The minimum atomic E-state index is -0.352. The number of rotatable bonds is 4. The highest BCUT2D eigenvalue weighted by molar-refractivity contribution is 5.75. The number of esters is 1. The van der Waals surface area contributed by atoms with Gasteiger partial charge in [-0.2, -0.15) is 0 Å². The SMILES string of the molecule is C.C.CCC(C)(C)C(=O)OCC1CO1. The number of ether oxygens (including phenoxy) is 2. The maximum Gasteiger partial charge on any atom is 0.311 e. The van der Waals surface area contributed by atoms with Crippen LogP contribution in [0.5, 0.6) is 0 Å². The molecule has 0 aromatic heterocycles. The Morgan fingerprint density at radius 1 is 1.50 bits per heavy atom. The molecule has 14 heavy (non-hydrogen) atoms. The van der Waals surface area contributed by atoms with E-state index < -0.39 is 0 Å². The van der Waals surface area contributed by atoms with Crippen LogP contribution in [0.2, 0.25) is 0 Å². The van der Waals surface area contributed by atoms with Gasteiger partial charge in [0.2, 0.25) is 0 Å². The maximum atomic E-state index is 11.4. The first-order chi connectivity index (χ1) is 5.56. The highest BCUT2D eigenvalue weighted by Crippen LogP contribution is 2.22. The zero-order valence-corrected chi connectivity index (χ0v) is 7.92. The fraction of sp³-hybridized carbons (Fsp3) is 0.909. The van der Waals surface area contributed by atoms with E-state index in [1.54, 1.807) is 0 Å². The van der Waals surface area contributed by atoms with Crippen LogP contribution in [0.4, 0.5) is 0 Å². The molecule has 1 rings (SSSR count). The Hall–Kier alpha value is -0.570. The molecule has 1 saturated heterocycles. The van der Waals surface area contributed by atoms with Crippen LogP contribution in [0, 0.1) is 5.41 Å². The van der Waals surface area contributed by atoms with Gasteiger partial charge in [-0.15, -0.1) is 0 Å². The summed E-state index contributed by atoms with van der Waals surface area (Å²) in [6, 6.07) is 0. The van der Waals surface area contributed by atoms with Crippen molar-refractivity contribution < 1.29 is 14.3 Å². The second-order valence-electron chi connectivity index (χ2n) is 3.79. The van der Waals surface area contributed by atoms with Gasteiger partial charge in [0.1, 0.15) is 12.7 Å². The lowest BCUT2D eigenvalue weighted by Gasteiger charge is -2.19. The summed E-state index contributed by atoms with van der Waals surface area (Å²) in [7, 11) is 0. The molecule has 0 aromatic carbocycles. The van der Waals surface area contributed by atoms with Crippen molar-refractivity contribution in [2.45, 2.75) is 48.1 Å². The zero-order valence-electron chi connectivity index (χ0n) is 7.92. The molecule has 0 N–H and O–H groups in total. The lowest BCUT2D eigenvalue weighted by molar-refractivity contribution is -0.154. The molecule has 1 heterocycles. The number of hydrogen-bond acceptors (Lipinski definition) is 3. The molecule has 0 radical (unpaired) electrons. The van der Waals surface area contributed by atoms with E-state index in [4.69, 9.17) is 9.47 Å². The first-order valence-corrected chi connectivity index (χ1v) is 4.35. The fourth-order valence-electron chi connectivity index (χ4n) is 0.673. The molecule has 1 atom stereocenters. The number of hydrogen-bond donors (Lipinski definition) is 0. The van der Waals surface area contributed by atoms with Crippen molar-refractivity contribution >= 4 is 5.97 Å². The van der Waals surface area contributed by atoms with E-state index in [0.717, 1.165) is 13.0 Å². The Kier molecular flexibility index (Phi) is 6.82. The molecule has 1 unspecified atom stereocenters. The lowest BCUT2D eigenvalue weighted by atomic mass is 9.91. The molecule has 0 aliphatic carbocycles. The van der Waals surface area contributed by atoms with Crippen LogP contribution in [-0.4, -0.2) is 25.3 Å². The van der Waals surface area contributed by atoms with Gasteiger partial charge in [0.15, 0.2) is 0 Å². The van der Waals surface area contributed by atoms with Gasteiger partial charge in [-0.05, 0) is 20.3 Å². The van der Waals surface area contributed by atoms with Crippen LogP contribution < -0.4 is 0 Å². The quantitative estimate of drug-likeness (QED) is 0.522. The summed E-state index contributed by atoms with van der Waals surface area (Å²) in [4.78, 5) is 11.4. The van der Waals surface area contributed by atoms with Crippen molar-refractivity contribution in [3.63, 3.8) is 0 Å². The molecular weight excluding hydrogens is 180 g/mol. The molecule has 0 saturated carbocycles. The molecular formula is C11H24O3. The standard InChI is InChI=1S/C9H16O3.2CH4/c1-4-9(2,3)8(10)12-6-7-5-11-7;;/h7H,4-6H2,1-3H3;2*1H4. The molecule has 0 bridgehead atoms. The van der Waals surface area contributed by atoms with Gasteiger partial charge in [-0.25, -0.2) is 0 Å². The summed E-state index contributed by atoms with van der Waals surface area (Å²) in [6.45, 7) is 6.92. The second-order valence-corrected chi connectivity index (χ2v) is 3.79. The van der Waals surface area contributed by atoms with Crippen LogP contribution in [0.1, 0.15) is 42.0 Å². The lowest BCUT2D eigenvalue weighted by Crippen LogP contribution is -2.27. The summed E-state index contributed by atoms with van der Waals surface area (Å²) >= 11 is 0. The average Bonchev–Trinajstić information content (AvgIpc) is 2.83. The van der Waals surface area contributed by atoms with E-state index in [1.165, 1.54) is 0 Å². The van der Waals surface area contributed by atoms with Gasteiger partial charge in [0.25, 0.3) is 0 Å². The third-order valence-corrected chi connectivity index (χ3v) is 2.24. The van der Waals surface area contributed by atoms with Crippen LogP contribution in [0.15, 0.2) is 0 Å². The summed E-state index contributed by atoms with van der Waals surface area (Å²) in [5, 5.41) is 0. The maximum absolute atomic E-state index is 11.4. The normalized spacial score (nSPS) is 18.9. The van der Waals surface area contributed by atoms with E-state index in [9.17, 15) is 4.79 Å². The Bertz CT molecular complexity index is 171. The predicted octanol–water partition coefficient (Wildman–Crippen LogP) is 2.64. The summed E-state index contributed by atoms with van der Waals surface area (Å²) < 4.78 is 9.99. The van der Waals surface area contributed by atoms with Crippen molar-refractivity contribution in [3.05, 3.63) is 0 Å². The van der Waals surface area contributed by atoms with Gasteiger partial charge in [0.05, 0.1) is 12.0 Å². The minimum absolute atomic E-state index is 0. The summed E-state index contributed by atoms with van der Waals surface area (Å²) in [5.74, 6) is -0.125. The van der Waals surface area contributed by atoms with E-state index in [1.807, 2.05) is 20.8 Å². The van der Waals surface area contributed by atoms with Gasteiger partial charge < -0.3 is 9.47 Å². The van der Waals surface area contributed by atoms with Crippen molar-refractivity contribution in [1.29, 1.82) is 0 Å². The highest BCUT2D eigenvalue weighted by Gasteiger charge is 2.30. The van der Waals surface area contributed by atoms with Crippen LogP contribution in [0.3, 0.4) is 0 Å². The number of carbonyl (C=O) groups excluding carboxylic acids is 1. The monoisotopic (exact) mass is 204 g/mol. The zero-order chi connectivity index (χ0) is 9.19. The average molecular weight is 204 g/mol. The Balaban J connectivity index is 0. The third-order valence-electron chi connectivity index (χ3n) is 2.24. The molecule has 1 fully saturated rings. The van der Waals surface area contributed by atoms with Crippen LogP contribution in [0.25, 0.3) is 0 Å². The number of carbonyl (C=O) groups is 1. The van der Waals surface area contributed by atoms with Gasteiger partial charge in [-0.1, -0.05) is 21.8 Å². The molecule has 0 amide bonds. The molecule has 1 aliphatic heterocycles. The third kappa shape index (κ3) is 4.61. The van der Waals surface area contributed by atoms with Crippen molar-refractivity contribution in [3.8, 4) is 0 Å². The van der Waals surface area contributed by atoms with E-state index in [0.29, 0.717) is 6.61 Å². The Morgan fingerprint density at radius 3 is 2.36 bits per heavy atom. The van der Waals surface area contributed by atoms with Crippen molar-refractivity contribution in [2.24, 2.45) is 5.41 Å². The largest absolute Gasteiger partial charge is 0.462 e. The van der Waals surface area contributed by atoms with Crippen LogP contribution in [-0.2, 0) is 14.3 Å². The first kappa shape index (κ1) is 15.9. The van der Waals surface area contributed by atoms with E-state index >= 15 is 0 Å². The van der Waals surface area contributed by atoms with Gasteiger partial charge in [0, 0.05) is 0 Å². The van der Waals surface area contributed by atoms with Gasteiger partial charge in [-0.3, -0.25) is 4.79 Å². The molecule has 3 nitrogen and oxygen atoms in total. The summed E-state index contributed by atoms with van der Waals surface area (Å²) in [5.41, 5.74) is -0.352. The minimum Gasteiger partial charge on any atom is -0.462 e. The molecule has 0 spiro atoms. The summed E-state index contributed by atoms with van der Waals surface area (Å²) in [6.07, 6.45) is 0.971. The molecule has 0 aromatic rings. The topological polar surface area (TPSA) is 38.8 Å². The molecule has 86 valence electrons. The van der Waals surface area contributed by atoms with Crippen molar-refractivity contribution in [2.75, 3.05) is 13.2 Å². The predicted molar refractivity (Wildman–Crippen MR) is 58.2 cm³/mol. The van der Waals surface area contributed by atoms with E-state index in [-0.39, 0.29) is 32.3 Å². The Morgan fingerprint density at radius 2 is 2.00 bits per heavy atom. The van der Waals surface area contributed by atoms with E-state index in [2.05, 4.69) is 0 Å². The van der Waals surface area contributed by atoms with Crippen LogP contribution >= 0.6 is 0 Å². The highest BCUT2D eigenvalue weighted by atomic mass is 16.6. The Labute approximate surface area is 87.8 Å². The second kappa shape index (κ2) is 6.02. The van der Waals surface area contributed by atoms with Crippen molar-refractivity contribution in [1.82, 2.24) is 0 Å². The molecule has 3 heteroatoms. The smallest absolute Gasteiger partial charge is 0.311 e. The number of epoxide rings is 1. The molecule has 1 aliphatic rings.